The van der Waals surface area contributed by atoms with Gasteiger partial charge < -0.3 is 29.7 Å². The molecule has 3 rings (SSSR count). The van der Waals surface area contributed by atoms with Crippen LogP contribution in [0.3, 0.4) is 0 Å². The summed E-state index contributed by atoms with van der Waals surface area (Å²) in [7, 11) is 3.25. The van der Waals surface area contributed by atoms with Crippen molar-refractivity contribution in [1.29, 1.82) is 0 Å². The number of hydrogen-bond acceptors (Lipinski definition) is 7. The van der Waals surface area contributed by atoms with Crippen LogP contribution in [0, 0.1) is 5.92 Å². The maximum Gasteiger partial charge on any atom is 0.321 e. The van der Waals surface area contributed by atoms with E-state index in [1.807, 2.05) is 26.0 Å². The molecule has 0 saturated carbocycles. The van der Waals surface area contributed by atoms with Crippen molar-refractivity contribution < 1.29 is 24.2 Å². The highest BCUT2D eigenvalue weighted by atomic mass is 16.5. The van der Waals surface area contributed by atoms with Gasteiger partial charge >= 0.3 is 6.03 Å². The number of aliphatic hydroxyl groups excluding tert-OH is 1. The van der Waals surface area contributed by atoms with E-state index >= 15 is 0 Å². The second-order valence-corrected chi connectivity index (χ2v) is 8.97. The van der Waals surface area contributed by atoms with Crippen LogP contribution >= 0.6 is 0 Å². The van der Waals surface area contributed by atoms with Gasteiger partial charge in [0.1, 0.15) is 5.75 Å². The van der Waals surface area contributed by atoms with Crippen molar-refractivity contribution in [2.45, 2.75) is 52.0 Å². The van der Waals surface area contributed by atoms with Crippen molar-refractivity contribution >= 4 is 17.6 Å². The lowest BCUT2D eigenvalue weighted by Gasteiger charge is -2.35. The minimum atomic E-state index is -0.382. The third kappa shape index (κ3) is 6.92. The molecule has 0 saturated heterocycles. The molecule has 1 aromatic heterocycles. The number of ether oxygens (including phenoxy) is 2. The number of aliphatic hydroxyl groups is 1. The number of aromatic nitrogens is 3. The number of fused-ring (bicyclic) bond motifs is 1. The topological polar surface area (TPSA) is 122 Å². The molecule has 1 aliphatic rings. The van der Waals surface area contributed by atoms with Crippen molar-refractivity contribution in [1.82, 2.24) is 24.8 Å². The summed E-state index contributed by atoms with van der Waals surface area (Å²) in [4.78, 5) is 29.2. The van der Waals surface area contributed by atoms with Crippen molar-refractivity contribution in [2.75, 3.05) is 39.2 Å². The van der Waals surface area contributed by atoms with Crippen LogP contribution in [-0.2, 0) is 22.7 Å². The average molecular weight is 489 g/mol. The summed E-state index contributed by atoms with van der Waals surface area (Å²) >= 11 is 0. The lowest BCUT2D eigenvalue weighted by molar-refractivity contribution is -0.136. The maximum atomic E-state index is 13.0. The second kappa shape index (κ2) is 12.5. The minimum Gasteiger partial charge on any atom is -0.495 e. The number of amides is 3. The van der Waals surface area contributed by atoms with E-state index in [1.165, 1.54) is 0 Å². The minimum absolute atomic E-state index is 0.0262. The Labute approximate surface area is 206 Å². The molecular formula is C24H36N6O5. The lowest BCUT2D eigenvalue weighted by Crippen LogP contribution is -2.48. The van der Waals surface area contributed by atoms with Crippen LogP contribution in [0.5, 0.6) is 5.75 Å². The predicted octanol–water partition coefficient (Wildman–Crippen LogP) is 1.98. The van der Waals surface area contributed by atoms with Crippen molar-refractivity contribution in [3.05, 3.63) is 36.2 Å². The number of rotatable bonds is 6. The zero-order valence-electron chi connectivity index (χ0n) is 20.9. The number of likely N-dealkylation sites (N-methyl/N-ethyl adjacent to an activating group) is 1. The molecule has 11 nitrogen and oxygen atoms in total. The Bertz CT molecular complexity index is 983. The van der Waals surface area contributed by atoms with Crippen molar-refractivity contribution in [3.8, 4) is 5.75 Å². The van der Waals surface area contributed by atoms with Gasteiger partial charge in [0.2, 0.25) is 5.91 Å². The third-order valence-electron chi connectivity index (χ3n) is 6.29. The fourth-order valence-electron chi connectivity index (χ4n) is 4.06. The molecule has 1 aromatic carbocycles. The summed E-state index contributed by atoms with van der Waals surface area (Å²) in [5.41, 5.74) is 1.39. The van der Waals surface area contributed by atoms with Gasteiger partial charge in [0, 0.05) is 39.0 Å². The third-order valence-corrected chi connectivity index (χ3v) is 6.29. The number of anilines is 1. The maximum absolute atomic E-state index is 13.0. The normalized spacial score (nSPS) is 20.3. The van der Waals surface area contributed by atoms with E-state index in [1.54, 1.807) is 47.0 Å². The molecule has 0 aliphatic carbocycles. The molecule has 0 spiro atoms. The number of para-hydroxylation sites is 2. The summed E-state index contributed by atoms with van der Waals surface area (Å²) in [6, 6.07) is 6.58. The Balaban J connectivity index is 1.78. The SMILES string of the molecule is COc1ccccc1NC(=O)N(C)C[C@@H]1OCc2cnnn2CCCC(=O)N([C@H](C)CO)C[C@@H]1C. The Morgan fingerprint density at radius 2 is 2.17 bits per heavy atom. The fourth-order valence-corrected chi connectivity index (χ4v) is 4.06. The number of carbonyl (C=O) groups excluding carboxylic acids is 2. The van der Waals surface area contributed by atoms with Crippen LogP contribution in [0.4, 0.5) is 10.5 Å². The zero-order valence-corrected chi connectivity index (χ0v) is 20.9. The van der Waals surface area contributed by atoms with Crippen LogP contribution in [-0.4, -0.2) is 87.8 Å². The van der Waals surface area contributed by atoms with E-state index in [0.29, 0.717) is 43.9 Å². The summed E-state index contributed by atoms with van der Waals surface area (Å²) in [5, 5.41) is 20.7. The molecule has 2 aromatic rings. The number of nitrogens with one attached hydrogen (secondary N) is 1. The van der Waals surface area contributed by atoms with Crippen LogP contribution in [0.1, 0.15) is 32.4 Å². The van der Waals surface area contributed by atoms with Gasteiger partial charge in [-0.2, -0.15) is 0 Å². The van der Waals surface area contributed by atoms with E-state index in [2.05, 4.69) is 15.6 Å². The Morgan fingerprint density at radius 1 is 1.40 bits per heavy atom. The van der Waals surface area contributed by atoms with Crippen LogP contribution in [0.15, 0.2) is 30.5 Å². The van der Waals surface area contributed by atoms with Crippen LogP contribution < -0.4 is 10.1 Å². The van der Waals surface area contributed by atoms with E-state index in [9.17, 15) is 14.7 Å². The molecule has 192 valence electrons. The largest absolute Gasteiger partial charge is 0.495 e. The van der Waals surface area contributed by atoms with Crippen LogP contribution in [0.2, 0.25) is 0 Å². The molecule has 3 amide bonds. The van der Waals surface area contributed by atoms with Crippen molar-refractivity contribution in [3.63, 3.8) is 0 Å². The second-order valence-electron chi connectivity index (χ2n) is 8.97. The predicted molar refractivity (Wildman–Crippen MR) is 130 cm³/mol. The smallest absolute Gasteiger partial charge is 0.321 e. The summed E-state index contributed by atoms with van der Waals surface area (Å²) in [5.74, 6) is 0.428. The highest BCUT2D eigenvalue weighted by molar-refractivity contribution is 5.90. The number of aryl methyl sites for hydroxylation is 1. The van der Waals surface area contributed by atoms with Gasteiger partial charge in [-0.1, -0.05) is 24.3 Å². The zero-order chi connectivity index (χ0) is 25.4. The van der Waals surface area contributed by atoms with Gasteiger partial charge in [-0.15, -0.1) is 5.10 Å². The highest BCUT2D eigenvalue weighted by Crippen LogP contribution is 2.24. The van der Waals surface area contributed by atoms with Gasteiger partial charge in [-0.05, 0) is 25.5 Å². The number of benzene rings is 1. The summed E-state index contributed by atoms with van der Waals surface area (Å²) in [6.45, 7) is 5.22. The lowest BCUT2D eigenvalue weighted by atomic mass is 10.0. The van der Waals surface area contributed by atoms with Gasteiger partial charge in [-0.25, -0.2) is 9.48 Å². The van der Waals surface area contributed by atoms with Gasteiger partial charge in [0.15, 0.2) is 0 Å². The molecule has 0 radical (unpaired) electrons. The molecule has 0 bridgehead atoms. The van der Waals surface area contributed by atoms with Crippen LogP contribution in [0.25, 0.3) is 0 Å². The average Bonchev–Trinajstić information content (AvgIpc) is 3.30. The monoisotopic (exact) mass is 488 g/mol. The van der Waals surface area contributed by atoms with Crippen molar-refractivity contribution in [2.24, 2.45) is 5.92 Å². The first kappa shape index (κ1) is 26.4. The van der Waals surface area contributed by atoms with E-state index < -0.39 is 0 Å². The van der Waals surface area contributed by atoms with Gasteiger partial charge in [0.25, 0.3) is 0 Å². The van der Waals surface area contributed by atoms with E-state index in [0.717, 1.165) is 5.69 Å². The quantitative estimate of drug-likeness (QED) is 0.637. The molecule has 0 unspecified atom stereocenters. The molecule has 11 heteroatoms. The van der Waals surface area contributed by atoms with Gasteiger partial charge in [-0.3, -0.25) is 4.79 Å². The van der Waals surface area contributed by atoms with Gasteiger partial charge in [0.05, 0.1) is 50.0 Å². The molecule has 3 atom stereocenters. The molecule has 35 heavy (non-hydrogen) atoms. The fraction of sp³-hybridized carbons (Fsp3) is 0.583. The first-order chi connectivity index (χ1) is 16.8. The number of hydrogen-bond donors (Lipinski definition) is 2. The number of carbonyl (C=O) groups is 2. The van der Waals surface area contributed by atoms with E-state index in [4.69, 9.17) is 9.47 Å². The first-order valence-electron chi connectivity index (χ1n) is 11.9. The highest BCUT2D eigenvalue weighted by Gasteiger charge is 2.29. The molecular weight excluding hydrogens is 452 g/mol. The Kier molecular flexibility index (Phi) is 9.44. The summed E-state index contributed by atoms with van der Waals surface area (Å²) in [6.07, 6.45) is 2.25. The number of methoxy groups -OCH3 is 1. The number of nitrogens with zero attached hydrogens (tertiary/aromatic N) is 5. The first-order valence-corrected chi connectivity index (χ1v) is 11.9. The number of urea groups is 1. The summed E-state index contributed by atoms with van der Waals surface area (Å²) < 4.78 is 13.3. The molecule has 1 aliphatic heterocycles. The Morgan fingerprint density at radius 3 is 2.91 bits per heavy atom. The molecule has 2 heterocycles. The molecule has 2 N–H and O–H groups in total. The van der Waals surface area contributed by atoms with E-state index in [-0.39, 0.29) is 43.2 Å². The molecule has 0 fully saturated rings. The Hall–Kier alpha value is -3.18. The standard InChI is InChI=1S/C24H36N6O5/c1-17-13-29(18(2)15-31)23(32)10-7-11-30-19(12-25-27-30)16-35-22(17)14-28(3)24(33)26-20-8-5-6-9-21(20)34-4/h5-6,8-9,12,17-18,22,31H,7,10-11,13-16H2,1-4H3,(H,26,33)/t17-,18+,22-/m0/s1.